The number of rotatable bonds is 6. The number of hydrogen-bond acceptors (Lipinski definition) is 5. The van der Waals surface area contributed by atoms with Crippen molar-refractivity contribution in [1.29, 1.82) is 0 Å². The molecule has 18 heavy (non-hydrogen) atoms. The Morgan fingerprint density at radius 2 is 2.39 bits per heavy atom. The summed E-state index contributed by atoms with van der Waals surface area (Å²) >= 11 is 5.75. The fourth-order valence-electron chi connectivity index (χ4n) is 1.18. The van der Waals surface area contributed by atoms with E-state index in [-0.39, 0.29) is 16.7 Å². The largest absolute Gasteiger partial charge is 0.383 e. The Balaban J connectivity index is 2.58. The van der Waals surface area contributed by atoms with E-state index in [0.29, 0.717) is 13.2 Å². The number of nitrogens with one attached hydrogen (secondary N) is 3. The number of H-pyrrole nitrogens is 1. The van der Waals surface area contributed by atoms with E-state index in [4.69, 9.17) is 16.3 Å². The molecule has 0 aliphatic heterocycles. The summed E-state index contributed by atoms with van der Waals surface area (Å²) in [6.07, 6.45) is 1.21. The maximum atomic E-state index is 11.6. The number of anilines is 1. The van der Waals surface area contributed by atoms with Crippen LogP contribution in [0.25, 0.3) is 0 Å². The molecule has 0 radical (unpaired) electrons. The quantitative estimate of drug-likeness (QED) is 0.634. The Bertz CT molecular complexity index is 463. The molecule has 0 aliphatic carbocycles. The van der Waals surface area contributed by atoms with E-state index in [1.807, 2.05) is 0 Å². The van der Waals surface area contributed by atoms with E-state index < -0.39 is 11.6 Å². The monoisotopic (exact) mass is 274 g/mol. The minimum atomic E-state index is -0.561. The highest BCUT2D eigenvalue weighted by molar-refractivity contribution is 6.32. The van der Waals surface area contributed by atoms with Gasteiger partial charge < -0.3 is 20.4 Å². The minimum Gasteiger partial charge on any atom is -0.383 e. The van der Waals surface area contributed by atoms with E-state index in [1.54, 1.807) is 14.0 Å². The molecule has 1 heterocycles. The van der Waals surface area contributed by atoms with Crippen molar-refractivity contribution in [3.8, 4) is 0 Å². The van der Waals surface area contributed by atoms with Gasteiger partial charge in [0.05, 0.1) is 12.9 Å². The molecule has 100 valence electrons. The Labute approximate surface area is 109 Å². The van der Waals surface area contributed by atoms with Crippen LogP contribution in [0.2, 0.25) is 5.02 Å². The summed E-state index contributed by atoms with van der Waals surface area (Å²) < 4.78 is 4.81. The summed E-state index contributed by atoms with van der Waals surface area (Å²) in [5.41, 5.74) is -0.457. The van der Waals surface area contributed by atoms with Gasteiger partial charge in [0.1, 0.15) is 11.1 Å². The van der Waals surface area contributed by atoms with Crippen molar-refractivity contribution >= 4 is 23.3 Å². The molecular formula is C10H15ClN4O3. The topological polar surface area (TPSA) is 96.1 Å². The number of ether oxygens (including phenoxy) is 1. The van der Waals surface area contributed by atoms with Gasteiger partial charge in [0.25, 0.3) is 5.56 Å². The van der Waals surface area contributed by atoms with Crippen molar-refractivity contribution in [3.05, 3.63) is 21.7 Å². The first kappa shape index (κ1) is 14.5. The first-order chi connectivity index (χ1) is 8.56. The molecule has 0 aliphatic rings. The van der Waals surface area contributed by atoms with Gasteiger partial charge in [-0.1, -0.05) is 11.6 Å². The van der Waals surface area contributed by atoms with Crippen LogP contribution in [-0.2, 0) is 9.53 Å². The lowest BCUT2D eigenvalue weighted by molar-refractivity contribution is -0.121. The zero-order valence-corrected chi connectivity index (χ0v) is 10.9. The maximum absolute atomic E-state index is 11.6. The molecule has 0 bridgehead atoms. The smallest absolute Gasteiger partial charge is 0.271 e. The number of carbonyl (C=O) groups excluding carboxylic acids is 1. The van der Waals surface area contributed by atoms with Crippen LogP contribution in [0.15, 0.2) is 11.1 Å². The number of hydrogen-bond donors (Lipinski definition) is 3. The number of methoxy groups -OCH3 is 1. The van der Waals surface area contributed by atoms with Gasteiger partial charge in [0.15, 0.2) is 5.82 Å². The lowest BCUT2D eigenvalue weighted by Crippen LogP contribution is -2.39. The van der Waals surface area contributed by atoms with Crippen LogP contribution in [0.3, 0.4) is 0 Å². The molecule has 0 saturated heterocycles. The van der Waals surface area contributed by atoms with Crippen LogP contribution in [0, 0.1) is 0 Å². The van der Waals surface area contributed by atoms with Gasteiger partial charge in [0.2, 0.25) is 5.91 Å². The second-order valence-corrected chi connectivity index (χ2v) is 3.92. The van der Waals surface area contributed by atoms with Crippen molar-refractivity contribution in [1.82, 2.24) is 15.3 Å². The van der Waals surface area contributed by atoms with Crippen molar-refractivity contribution in [2.24, 2.45) is 0 Å². The Hall–Kier alpha value is -1.60. The Kier molecular flexibility index (Phi) is 5.60. The molecule has 1 amide bonds. The molecule has 7 nitrogen and oxygen atoms in total. The van der Waals surface area contributed by atoms with E-state index in [1.165, 1.54) is 6.33 Å². The second-order valence-electron chi connectivity index (χ2n) is 3.54. The predicted octanol–water partition coefficient (Wildman–Crippen LogP) is -0.0137. The highest BCUT2D eigenvalue weighted by Gasteiger charge is 2.15. The van der Waals surface area contributed by atoms with Gasteiger partial charge >= 0.3 is 0 Å². The van der Waals surface area contributed by atoms with E-state index in [2.05, 4.69) is 20.6 Å². The summed E-state index contributed by atoms with van der Waals surface area (Å²) in [5.74, 6) is -0.0555. The summed E-state index contributed by atoms with van der Waals surface area (Å²) in [7, 11) is 1.55. The van der Waals surface area contributed by atoms with Crippen LogP contribution in [0.4, 0.5) is 5.82 Å². The fourth-order valence-corrected chi connectivity index (χ4v) is 1.34. The molecule has 0 aromatic carbocycles. The van der Waals surface area contributed by atoms with Crippen LogP contribution in [-0.4, -0.2) is 42.2 Å². The van der Waals surface area contributed by atoms with Gasteiger partial charge in [-0.15, -0.1) is 0 Å². The second kappa shape index (κ2) is 6.97. The number of aromatic nitrogens is 2. The number of aromatic amines is 1. The SMILES string of the molecule is COCCNC(=O)C(C)Nc1nc[nH]c(=O)c1Cl. The average Bonchev–Trinajstić information content (AvgIpc) is 2.35. The molecule has 0 fully saturated rings. The molecule has 1 aromatic rings. The zero-order valence-electron chi connectivity index (χ0n) is 10.1. The Morgan fingerprint density at radius 3 is 3.06 bits per heavy atom. The molecule has 1 aromatic heterocycles. The first-order valence-electron chi connectivity index (χ1n) is 5.32. The molecule has 1 atom stereocenters. The van der Waals surface area contributed by atoms with Crippen molar-refractivity contribution in [2.75, 3.05) is 25.6 Å². The summed E-state index contributed by atoms with van der Waals surface area (Å²) in [6, 6.07) is -0.561. The van der Waals surface area contributed by atoms with E-state index in [9.17, 15) is 9.59 Å². The minimum absolute atomic E-state index is 0.0750. The molecule has 1 unspecified atom stereocenters. The van der Waals surface area contributed by atoms with Crippen molar-refractivity contribution < 1.29 is 9.53 Å². The van der Waals surface area contributed by atoms with Gasteiger partial charge in [-0.3, -0.25) is 9.59 Å². The number of halogens is 1. The van der Waals surface area contributed by atoms with Crippen LogP contribution in [0.1, 0.15) is 6.92 Å². The normalized spacial score (nSPS) is 11.9. The molecular weight excluding hydrogens is 260 g/mol. The highest BCUT2D eigenvalue weighted by atomic mass is 35.5. The van der Waals surface area contributed by atoms with E-state index >= 15 is 0 Å². The predicted molar refractivity (Wildman–Crippen MR) is 67.8 cm³/mol. The highest BCUT2D eigenvalue weighted by Crippen LogP contribution is 2.12. The Morgan fingerprint density at radius 1 is 1.67 bits per heavy atom. The zero-order chi connectivity index (χ0) is 13.5. The summed E-state index contributed by atoms with van der Waals surface area (Å²) in [6.45, 7) is 2.49. The van der Waals surface area contributed by atoms with Crippen molar-refractivity contribution in [2.45, 2.75) is 13.0 Å². The van der Waals surface area contributed by atoms with Gasteiger partial charge in [0, 0.05) is 13.7 Å². The standard InChI is InChI=1S/C10H15ClN4O3/c1-6(9(16)12-3-4-18-2)15-8-7(11)10(17)14-5-13-8/h5-6H,3-4H2,1-2H3,(H,12,16)(H2,13,14,15,17). The maximum Gasteiger partial charge on any atom is 0.271 e. The molecule has 0 saturated carbocycles. The lowest BCUT2D eigenvalue weighted by atomic mass is 10.3. The van der Waals surface area contributed by atoms with Crippen LogP contribution < -0.4 is 16.2 Å². The molecule has 1 rings (SSSR count). The lowest BCUT2D eigenvalue weighted by Gasteiger charge is -2.14. The molecule has 3 N–H and O–H groups in total. The summed E-state index contributed by atoms with van der Waals surface area (Å²) in [4.78, 5) is 29.0. The number of carbonyl (C=O) groups is 1. The molecule has 8 heteroatoms. The molecule has 0 spiro atoms. The number of amides is 1. The van der Waals surface area contributed by atoms with Crippen LogP contribution >= 0.6 is 11.6 Å². The average molecular weight is 275 g/mol. The van der Waals surface area contributed by atoms with Gasteiger partial charge in [-0.25, -0.2) is 4.98 Å². The van der Waals surface area contributed by atoms with Crippen LogP contribution in [0.5, 0.6) is 0 Å². The number of nitrogens with zero attached hydrogens (tertiary/aromatic N) is 1. The van der Waals surface area contributed by atoms with E-state index in [0.717, 1.165) is 0 Å². The fraction of sp³-hybridized carbons (Fsp3) is 0.500. The summed E-state index contributed by atoms with van der Waals surface area (Å²) in [5, 5.41) is 5.34. The first-order valence-corrected chi connectivity index (χ1v) is 5.70. The van der Waals surface area contributed by atoms with Gasteiger partial charge in [-0.2, -0.15) is 0 Å². The van der Waals surface area contributed by atoms with Gasteiger partial charge in [-0.05, 0) is 6.92 Å². The van der Waals surface area contributed by atoms with Crippen molar-refractivity contribution in [3.63, 3.8) is 0 Å². The third-order valence-electron chi connectivity index (χ3n) is 2.15. The third-order valence-corrected chi connectivity index (χ3v) is 2.50. The third kappa shape index (κ3) is 4.01.